The number of thiophene rings is 1. The molecule has 0 spiro atoms. The molecule has 8 nitrogen and oxygen atoms in total. The smallest absolute Gasteiger partial charge is 0.339 e. The topological polar surface area (TPSA) is 124 Å². The van der Waals surface area contributed by atoms with E-state index < -0.39 is 25.5 Å². The van der Waals surface area contributed by atoms with Crippen LogP contribution in [0.1, 0.15) is 78.1 Å². The number of hydrogen-bond acceptors (Lipinski definition) is 6. The van der Waals surface area contributed by atoms with Gasteiger partial charge in [-0.15, -0.1) is 11.3 Å². The number of likely N-dealkylation sites (tertiary alicyclic amines) is 1. The molecule has 3 amide bonds. The first-order valence-electron chi connectivity index (χ1n) is 14.5. The minimum absolute atomic E-state index is 0.265. The first-order valence-corrected chi connectivity index (χ1v) is 16.6. The van der Waals surface area contributed by atoms with Gasteiger partial charge in [-0.3, -0.25) is 14.4 Å². The lowest BCUT2D eigenvalue weighted by Gasteiger charge is -2.26. The fourth-order valence-electron chi connectivity index (χ4n) is 5.79. The van der Waals surface area contributed by atoms with Crippen LogP contribution in [0.4, 0.5) is 8.78 Å². The van der Waals surface area contributed by atoms with Gasteiger partial charge in [0.1, 0.15) is 0 Å². The number of amides is 3. The Labute approximate surface area is 255 Å². The fourth-order valence-corrected chi connectivity index (χ4v) is 7.05. The molecule has 2 aromatic carbocycles. The van der Waals surface area contributed by atoms with Crippen LogP contribution in [-0.2, 0) is 15.3 Å². The van der Waals surface area contributed by atoms with E-state index in [0.717, 1.165) is 68.8 Å². The van der Waals surface area contributed by atoms with Crippen molar-refractivity contribution in [2.75, 3.05) is 19.6 Å². The molecule has 0 radical (unpaired) electrons. The second kappa shape index (κ2) is 15.1. The molecule has 2 unspecified atom stereocenters. The lowest BCUT2D eigenvalue weighted by molar-refractivity contribution is -0.132. The van der Waals surface area contributed by atoms with Crippen LogP contribution in [-0.4, -0.2) is 63.5 Å². The highest BCUT2D eigenvalue weighted by molar-refractivity contribution is 7.46. The molecule has 4 heterocycles. The molecule has 3 saturated heterocycles. The van der Waals surface area contributed by atoms with E-state index >= 15 is 0 Å². The van der Waals surface area contributed by atoms with Crippen molar-refractivity contribution in [1.82, 2.24) is 9.80 Å². The number of alkyl halides is 2. The number of carbonyl (C=O) groups excluding carboxylic acids is 3. The van der Waals surface area contributed by atoms with Gasteiger partial charge in [-0.2, -0.15) is 8.78 Å². The molecule has 3 aliphatic rings. The van der Waals surface area contributed by atoms with Crippen molar-refractivity contribution in [2.45, 2.75) is 69.0 Å². The van der Waals surface area contributed by atoms with Crippen molar-refractivity contribution < 1.29 is 33.0 Å². The van der Waals surface area contributed by atoms with E-state index in [4.69, 9.17) is 15.5 Å². The van der Waals surface area contributed by atoms with Crippen molar-refractivity contribution >= 4 is 48.0 Å². The molecule has 4 N–H and O–H groups in total. The second-order valence-corrected chi connectivity index (χ2v) is 13.3. The zero-order valence-electron chi connectivity index (χ0n) is 23.9. The Morgan fingerprint density at radius 2 is 1.74 bits per heavy atom. The zero-order valence-corrected chi connectivity index (χ0v) is 25.6. The minimum Gasteiger partial charge on any atom is -0.365 e. The van der Waals surface area contributed by atoms with Gasteiger partial charge in [0.2, 0.25) is 20.7 Å². The average molecular weight is 634 g/mol. The highest BCUT2D eigenvalue weighted by atomic mass is 32.1. The van der Waals surface area contributed by atoms with E-state index in [0.29, 0.717) is 28.0 Å². The maximum atomic E-state index is 13.4. The Bertz CT molecular complexity index is 1390. The molecular formula is C31H38F2N3O5PS. The van der Waals surface area contributed by atoms with Crippen molar-refractivity contribution in [3.8, 4) is 0 Å². The first-order chi connectivity index (χ1) is 20.6. The number of halogens is 2. The Morgan fingerprint density at radius 3 is 2.42 bits per heavy atom. The summed E-state index contributed by atoms with van der Waals surface area (Å²) in [5.74, 6) is 0.333. The van der Waals surface area contributed by atoms with Crippen molar-refractivity contribution in [1.29, 1.82) is 0 Å². The van der Waals surface area contributed by atoms with Gasteiger partial charge in [0, 0.05) is 48.3 Å². The van der Waals surface area contributed by atoms with Gasteiger partial charge in [0.15, 0.2) is 0 Å². The summed E-state index contributed by atoms with van der Waals surface area (Å²) >= 11 is 1.09. The number of nitrogens with two attached hydrogens (primary N) is 1. The molecular weight excluding hydrogens is 595 g/mol. The SMILES string of the molecule is NC(=O)c1cc2cc(C(F)(F)P(O)O)ccc2s1.O=C1CCCCCC2CCCN12.O=CN1CCC(c2ccccc2)C1. The number of fused-ring (bicyclic) bond motifs is 2. The average Bonchev–Trinajstić information content (AvgIpc) is 3.76. The van der Waals surface area contributed by atoms with Crippen LogP contribution in [0, 0.1) is 0 Å². The third-order valence-corrected chi connectivity index (χ3v) is 10.0. The van der Waals surface area contributed by atoms with E-state index in [-0.39, 0.29) is 4.88 Å². The lowest BCUT2D eigenvalue weighted by Crippen LogP contribution is -2.36. The second-order valence-electron chi connectivity index (χ2n) is 11.0. The summed E-state index contributed by atoms with van der Waals surface area (Å²) < 4.78 is 27.5. The summed E-state index contributed by atoms with van der Waals surface area (Å²) in [6.07, 6.45) is 10.3. The van der Waals surface area contributed by atoms with E-state index in [9.17, 15) is 23.2 Å². The first kappa shape index (κ1) is 32.9. The van der Waals surface area contributed by atoms with Crippen molar-refractivity contribution in [2.24, 2.45) is 5.73 Å². The van der Waals surface area contributed by atoms with Gasteiger partial charge in [0.25, 0.3) is 5.91 Å². The standard InChI is InChI=1S/C11H13NO.C10H8F2NO3PS.C10H17NO/c13-9-12-7-6-11(8-12)10-4-2-1-3-5-10;11-10(12,17(15)16)6-1-2-7-5(3-6)4-8(18-7)9(13)14;12-10-7-3-1-2-5-9-6-4-8-11(9)10/h1-5,9,11H,6-8H2;1-4,15-16H,(H2,13,14);9H,1-8H2. The fraction of sp³-hybridized carbons (Fsp3) is 0.452. The Hall–Kier alpha value is -2.98. The third-order valence-electron chi connectivity index (χ3n) is 8.12. The monoisotopic (exact) mass is 633 g/mol. The van der Waals surface area contributed by atoms with Gasteiger partial charge >= 0.3 is 5.66 Å². The summed E-state index contributed by atoms with van der Waals surface area (Å²) in [4.78, 5) is 54.7. The molecule has 3 fully saturated rings. The summed E-state index contributed by atoms with van der Waals surface area (Å²) in [6, 6.07) is 16.0. The number of benzene rings is 2. The Morgan fingerprint density at radius 1 is 1.00 bits per heavy atom. The van der Waals surface area contributed by atoms with E-state index in [1.54, 1.807) is 0 Å². The van der Waals surface area contributed by atoms with Crippen LogP contribution in [0.25, 0.3) is 10.1 Å². The summed E-state index contributed by atoms with van der Waals surface area (Å²) in [5.41, 5.74) is 2.25. The summed E-state index contributed by atoms with van der Waals surface area (Å²) in [6.45, 7) is 2.82. The number of carbonyl (C=O) groups is 3. The molecule has 2 atom stereocenters. The van der Waals surface area contributed by atoms with Gasteiger partial charge < -0.3 is 25.3 Å². The van der Waals surface area contributed by atoms with Crippen LogP contribution in [0.15, 0.2) is 54.6 Å². The quantitative estimate of drug-likeness (QED) is 0.238. The highest BCUT2D eigenvalue weighted by Crippen LogP contribution is 2.53. The van der Waals surface area contributed by atoms with E-state index in [2.05, 4.69) is 29.2 Å². The Balaban J connectivity index is 0.000000151. The van der Waals surface area contributed by atoms with Crippen LogP contribution >= 0.6 is 19.7 Å². The molecule has 6 rings (SSSR count). The van der Waals surface area contributed by atoms with E-state index in [1.165, 1.54) is 49.8 Å². The summed E-state index contributed by atoms with van der Waals surface area (Å²) in [5, 5.41) is 0.419. The normalized spacial score (nSPS) is 20.4. The molecule has 43 heavy (non-hydrogen) atoms. The molecule has 0 aliphatic carbocycles. The maximum Gasteiger partial charge on any atom is 0.339 e. The number of nitrogens with zero attached hydrogens (tertiary/aromatic N) is 2. The van der Waals surface area contributed by atoms with E-state index in [1.807, 2.05) is 11.0 Å². The van der Waals surface area contributed by atoms with Crippen LogP contribution in [0.5, 0.6) is 0 Å². The van der Waals surface area contributed by atoms with Crippen LogP contribution in [0.3, 0.4) is 0 Å². The summed E-state index contributed by atoms with van der Waals surface area (Å²) in [7, 11) is -3.40. The maximum absolute atomic E-state index is 13.4. The van der Waals surface area contributed by atoms with Gasteiger partial charge in [-0.25, -0.2) is 0 Å². The molecule has 0 saturated carbocycles. The van der Waals surface area contributed by atoms with Gasteiger partial charge in [-0.05, 0) is 61.3 Å². The molecule has 1 aromatic heterocycles. The van der Waals surface area contributed by atoms with Crippen molar-refractivity contribution in [3.05, 3.63) is 70.6 Å². The van der Waals surface area contributed by atoms with Gasteiger partial charge in [-0.1, -0.05) is 49.2 Å². The minimum atomic E-state index is -3.70. The Kier molecular flexibility index (Phi) is 11.6. The molecule has 0 bridgehead atoms. The van der Waals surface area contributed by atoms with Crippen LogP contribution < -0.4 is 5.73 Å². The number of primary amides is 1. The number of rotatable bonds is 5. The lowest BCUT2D eigenvalue weighted by atomic mass is 9.99. The molecule has 3 aliphatic heterocycles. The third kappa shape index (κ3) is 8.56. The molecule has 3 aromatic rings. The highest BCUT2D eigenvalue weighted by Gasteiger charge is 2.41. The van der Waals surface area contributed by atoms with Crippen LogP contribution in [0.2, 0.25) is 0 Å². The van der Waals surface area contributed by atoms with Crippen molar-refractivity contribution in [3.63, 3.8) is 0 Å². The number of hydrogen-bond donors (Lipinski definition) is 3. The zero-order chi connectivity index (χ0) is 31.0. The van der Waals surface area contributed by atoms with Gasteiger partial charge in [0.05, 0.1) is 4.88 Å². The largest absolute Gasteiger partial charge is 0.365 e. The predicted molar refractivity (Wildman–Crippen MR) is 165 cm³/mol. The molecule has 232 valence electrons. The predicted octanol–water partition coefficient (Wildman–Crippen LogP) is 5.92. The molecule has 12 heteroatoms.